The molecule has 112 valence electrons. The minimum Gasteiger partial charge on any atom is -0.491 e. The van der Waals surface area contributed by atoms with Crippen LogP contribution in [0.1, 0.15) is 38.2 Å². The van der Waals surface area contributed by atoms with Crippen molar-refractivity contribution < 1.29 is 17.9 Å². The van der Waals surface area contributed by atoms with E-state index < -0.39 is 10.0 Å². The van der Waals surface area contributed by atoms with Gasteiger partial charge in [-0.15, -0.1) is 0 Å². The molecule has 20 heavy (non-hydrogen) atoms. The summed E-state index contributed by atoms with van der Waals surface area (Å²) >= 11 is 0. The fourth-order valence-corrected chi connectivity index (χ4v) is 2.79. The fraction of sp³-hybridized carbons (Fsp3) is 0.571. The second-order valence-corrected chi connectivity index (χ2v) is 6.91. The van der Waals surface area contributed by atoms with Gasteiger partial charge in [0.2, 0.25) is 10.0 Å². The summed E-state index contributed by atoms with van der Waals surface area (Å²) in [6.45, 7) is 5.26. The Labute approximate surface area is 120 Å². The van der Waals surface area contributed by atoms with Crippen molar-refractivity contribution in [1.82, 2.24) is 0 Å². The van der Waals surface area contributed by atoms with Gasteiger partial charge in [-0.3, -0.25) is 0 Å². The van der Waals surface area contributed by atoms with Crippen molar-refractivity contribution >= 4 is 10.0 Å². The molecule has 1 atom stereocenters. The highest BCUT2D eigenvalue weighted by atomic mass is 32.2. The van der Waals surface area contributed by atoms with E-state index in [0.29, 0.717) is 12.4 Å². The third-order valence-electron chi connectivity index (χ3n) is 3.38. The summed E-state index contributed by atoms with van der Waals surface area (Å²) in [5, 5.41) is 5.16. The van der Waals surface area contributed by atoms with Gasteiger partial charge in [0, 0.05) is 6.61 Å². The number of sulfonamides is 1. The highest BCUT2D eigenvalue weighted by Gasteiger charge is 2.18. The van der Waals surface area contributed by atoms with Crippen LogP contribution in [0.4, 0.5) is 0 Å². The van der Waals surface area contributed by atoms with Crippen molar-refractivity contribution in [3.8, 4) is 5.75 Å². The molecule has 1 aliphatic heterocycles. The minimum absolute atomic E-state index is 0.116. The van der Waals surface area contributed by atoms with Gasteiger partial charge in [-0.2, -0.15) is 0 Å². The largest absolute Gasteiger partial charge is 0.491 e. The molecule has 6 heteroatoms. The molecule has 0 bridgehead atoms. The highest BCUT2D eigenvalue weighted by Crippen LogP contribution is 2.29. The number of nitrogens with two attached hydrogens (primary N) is 1. The van der Waals surface area contributed by atoms with E-state index >= 15 is 0 Å². The Morgan fingerprint density at radius 1 is 1.45 bits per heavy atom. The first-order chi connectivity index (χ1) is 9.38. The number of primary sulfonamides is 1. The molecular weight excluding hydrogens is 278 g/mol. The zero-order chi connectivity index (χ0) is 14.8. The Bertz CT molecular complexity index is 563. The first-order valence-corrected chi connectivity index (χ1v) is 8.33. The summed E-state index contributed by atoms with van der Waals surface area (Å²) in [5.41, 5.74) is 0.842. The molecule has 1 aromatic carbocycles. The molecular formula is C14H21NO4S. The van der Waals surface area contributed by atoms with Crippen LogP contribution in [0.3, 0.4) is 0 Å². The molecule has 0 spiro atoms. The van der Waals surface area contributed by atoms with Gasteiger partial charge in [0.1, 0.15) is 12.4 Å². The molecule has 0 aromatic heterocycles. The average molecular weight is 299 g/mol. The Morgan fingerprint density at radius 2 is 2.20 bits per heavy atom. The Hall–Kier alpha value is -1.11. The molecule has 5 nitrogen and oxygen atoms in total. The second kappa shape index (κ2) is 6.11. The van der Waals surface area contributed by atoms with E-state index in [9.17, 15) is 8.42 Å². The summed E-state index contributed by atoms with van der Waals surface area (Å²) in [6.07, 6.45) is 2.20. The standard InChI is InChI=1S/C14H21NO4S/c1-10(2)13-8-12(20(15,16)17)5-6-14(13)19-9-11-4-3-7-18-11/h5-6,8,10-11H,3-4,7,9H2,1-2H3,(H2,15,16,17). The normalized spacial score (nSPS) is 19.5. The zero-order valence-corrected chi connectivity index (χ0v) is 12.7. The van der Waals surface area contributed by atoms with Crippen molar-refractivity contribution in [1.29, 1.82) is 0 Å². The van der Waals surface area contributed by atoms with Gasteiger partial charge in [0.25, 0.3) is 0 Å². The van der Waals surface area contributed by atoms with E-state index in [1.807, 2.05) is 13.8 Å². The Morgan fingerprint density at radius 3 is 2.75 bits per heavy atom. The lowest BCUT2D eigenvalue weighted by Gasteiger charge is -2.17. The number of hydrogen-bond donors (Lipinski definition) is 1. The van der Waals surface area contributed by atoms with Gasteiger partial charge in [0.05, 0.1) is 11.0 Å². The third kappa shape index (κ3) is 3.71. The van der Waals surface area contributed by atoms with Gasteiger partial charge in [-0.05, 0) is 42.5 Å². The predicted octanol–water partition coefficient (Wildman–Crippen LogP) is 2.02. The summed E-state index contributed by atoms with van der Waals surface area (Å²) in [4.78, 5) is 0.116. The molecule has 0 aliphatic carbocycles. The van der Waals surface area contributed by atoms with Crippen LogP contribution in [0.2, 0.25) is 0 Å². The van der Waals surface area contributed by atoms with E-state index in [0.717, 1.165) is 25.0 Å². The van der Waals surface area contributed by atoms with E-state index in [-0.39, 0.29) is 16.9 Å². The molecule has 0 radical (unpaired) electrons. The lowest BCUT2D eigenvalue weighted by atomic mass is 10.0. The first-order valence-electron chi connectivity index (χ1n) is 6.79. The second-order valence-electron chi connectivity index (χ2n) is 5.35. The third-order valence-corrected chi connectivity index (χ3v) is 4.29. The number of hydrogen-bond acceptors (Lipinski definition) is 4. The monoisotopic (exact) mass is 299 g/mol. The molecule has 0 saturated carbocycles. The summed E-state index contributed by atoms with van der Waals surface area (Å²) in [7, 11) is -3.69. The van der Waals surface area contributed by atoms with E-state index in [4.69, 9.17) is 14.6 Å². The number of ether oxygens (including phenoxy) is 2. The molecule has 0 amide bonds. The van der Waals surface area contributed by atoms with Crippen molar-refractivity contribution in [3.63, 3.8) is 0 Å². The molecule has 1 aliphatic rings. The topological polar surface area (TPSA) is 78.6 Å². The lowest BCUT2D eigenvalue weighted by Crippen LogP contribution is -2.17. The van der Waals surface area contributed by atoms with Crippen molar-refractivity contribution in [3.05, 3.63) is 23.8 Å². The number of rotatable bonds is 5. The fourth-order valence-electron chi connectivity index (χ4n) is 2.24. The SMILES string of the molecule is CC(C)c1cc(S(N)(=O)=O)ccc1OCC1CCCO1. The van der Waals surface area contributed by atoms with E-state index in [2.05, 4.69) is 0 Å². The Kier molecular flexibility index (Phi) is 4.67. The zero-order valence-electron chi connectivity index (χ0n) is 11.8. The van der Waals surface area contributed by atoms with Crippen molar-refractivity contribution in [2.75, 3.05) is 13.2 Å². The van der Waals surface area contributed by atoms with Crippen LogP contribution in [0.25, 0.3) is 0 Å². The smallest absolute Gasteiger partial charge is 0.238 e. The van der Waals surface area contributed by atoms with Crippen molar-refractivity contribution in [2.24, 2.45) is 5.14 Å². The van der Waals surface area contributed by atoms with Crippen LogP contribution in [0.5, 0.6) is 5.75 Å². The van der Waals surface area contributed by atoms with Crippen LogP contribution in [0.15, 0.2) is 23.1 Å². The average Bonchev–Trinajstić information content (AvgIpc) is 2.88. The predicted molar refractivity (Wildman–Crippen MR) is 76.4 cm³/mol. The maximum Gasteiger partial charge on any atom is 0.238 e. The number of benzene rings is 1. The lowest BCUT2D eigenvalue weighted by molar-refractivity contribution is 0.0675. The first kappa shape index (κ1) is 15.3. The van der Waals surface area contributed by atoms with E-state index in [1.54, 1.807) is 12.1 Å². The van der Waals surface area contributed by atoms with Crippen LogP contribution in [0, 0.1) is 0 Å². The van der Waals surface area contributed by atoms with E-state index in [1.165, 1.54) is 6.07 Å². The van der Waals surface area contributed by atoms with Gasteiger partial charge in [0.15, 0.2) is 0 Å². The summed E-state index contributed by atoms with van der Waals surface area (Å²) in [6, 6.07) is 4.74. The highest BCUT2D eigenvalue weighted by molar-refractivity contribution is 7.89. The molecule has 1 fully saturated rings. The molecule has 2 rings (SSSR count). The van der Waals surface area contributed by atoms with Crippen molar-refractivity contribution in [2.45, 2.75) is 43.6 Å². The summed E-state index contributed by atoms with van der Waals surface area (Å²) in [5.74, 6) is 0.846. The molecule has 2 N–H and O–H groups in total. The summed E-state index contributed by atoms with van der Waals surface area (Å²) < 4.78 is 34.1. The van der Waals surface area contributed by atoms with Gasteiger partial charge >= 0.3 is 0 Å². The molecule has 1 heterocycles. The van der Waals surface area contributed by atoms with Crippen LogP contribution in [-0.4, -0.2) is 27.7 Å². The van der Waals surface area contributed by atoms with Crippen LogP contribution in [-0.2, 0) is 14.8 Å². The maximum absolute atomic E-state index is 11.4. The van der Waals surface area contributed by atoms with Gasteiger partial charge in [-0.25, -0.2) is 13.6 Å². The van der Waals surface area contributed by atoms with Crippen LogP contribution < -0.4 is 9.88 Å². The quantitative estimate of drug-likeness (QED) is 0.902. The maximum atomic E-state index is 11.4. The molecule has 1 unspecified atom stereocenters. The van der Waals surface area contributed by atoms with Gasteiger partial charge < -0.3 is 9.47 Å². The minimum atomic E-state index is -3.69. The molecule has 1 saturated heterocycles. The van der Waals surface area contributed by atoms with Gasteiger partial charge in [-0.1, -0.05) is 13.8 Å². The van der Waals surface area contributed by atoms with Crippen LogP contribution >= 0.6 is 0 Å². The Balaban J connectivity index is 2.19. The molecule has 1 aromatic rings.